The number of nitrogens with zero attached hydrogens (tertiary/aromatic N) is 2. The van der Waals surface area contributed by atoms with Gasteiger partial charge in [0.05, 0.1) is 23.4 Å². The summed E-state index contributed by atoms with van der Waals surface area (Å²) in [6.45, 7) is 0. The molecule has 0 aliphatic carbocycles. The van der Waals surface area contributed by atoms with Crippen molar-refractivity contribution in [2.45, 2.75) is 6.42 Å². The number of hydrogen-bond donors (Lipinski definition) is 1. The molecule has 5 nitrogen and oxygen atoms in total. The highest BCUT2D eigenvalue weighted by molar-refractivity contribution is 6.19. The van der Waals surface area contributed by atoms with Gasteiger partial charge in [0.15, 0.2) is 0 Å². The quantitative estimate of drug-likeness (QED) is 0.939. The molecular weight excluding hydrogens is 268 g/mol. The van der Waals surface area contributed by atoms with E-state index in [9.17, 15) is 9.59 Å². The monoisotopic (exact) mass is 280 g/mol. The third-order valence-corrected chi connectivity index (χ3v) is 3.24. The van der Waals surface area contributed by atoms with Gasteiger partial charge in [-0.15, -0.1) is 0 Å². The van der Waals surface area contributed by atoms with Crippen LogP contribution >= 0.6 is 0 Å². The largest absolute Gasteiger partial charge is 0.478 e. The molecule has 1 aliphatic rings. The van der Waals surface area contributed by atoms with Crippen LogP contribution in [0.15, 0.2) is 59.7 Å². The van der Waals surface area contributed by atoms with Crippen molar-refractivity contribution in [3.05, 3.63) is 65.7 Å². The summed E-state index contributed by atoms with van der Waals surface area (Å²) in [6, 6.07) is 15.6. The fraction of sp³-hybridized carbons (Fsp3) is 0.0625. The summed E-state index contributed by atoms with van der Waals surface area (Å²) in [5.41, 5.74) is 2.37. The number of hydrogen-bond acceptors (Lipinski definition) is 3. The second kappa shape index (κ2) is 5.20. The number of amides is 1. The molecule has 3 rings (SSSR count). The highest BCUT2D eigenvalue weighted by atomic mass is 16.4. The van der Waals surface area contributed by atoms with Crippen LogP contribution in [0.5, 0.6) is 0 Å². The zero-order valence-electron chi connectivity index (χ0n) is 11.1. The molecule has 1 amide bonds. The lowest BCUT2D eigenvalue weighted by atomic mass is 10.1. The molecule has 0 atom stereocenters. The smallest absolute Gasteiger partial charge is 0.335 e. The summed E-state index contributed by atoms with van der Waals surface area (Å²) in [4.78, 5) is 22.9. The van der Waals surface area contributed by atoms with Gasteiger partial charge in [-0.25, -0.2) is 9.80 Å². The van der Waals surface area contributed by atoms with E-state index in [1.807, 2.05) is 30.3 Å². The van der Waals surface area contributed by atoms with Crippen LogP contribution in [-0.4, -0.2) is 22.7 Å². The molecule has 104 valence electrons. The van der Waals surface area contributed by atoms with E-state index in [0.29, 0.717) is 11.4 Å². The fourth-order valence-corrected chi connectivity index (χ4v) is 2.17. The first kappa shape index (κ1) is 13.1. The number of rotatable bonds is 3. The molecule has 2 aromatic carbocycles. The number of carboxylic acid groups (broad SMARTS) is 1. The van der Waals surface area contributed by atoms with Crippen LogP contribution < -0.4 is 5.01 Å². The zero-order valence-corrected chi connectivity index (χ0v) is 11.1. The molecule has 0 bridgehead atoms. The number of hydrazone groups is 1. The normalized spacial score (nSPS) is 14.2. The minimum Gasteiger partial charge on any atom is -0.478 e. The van der Waals surface area contributed by atoms with E-state index in [1.54, 1.807) is 12.1 Å². The maximum atomic E-state index is 12.1. The Morgan fingerprint density at radius 1 is 1.05 bits per heavy atom. The van der Waals surface area contributed by atoms with Gasteiger partial charge in [0, 0.05) is 0 Å². The van der Waals surface area contributed by atoms with Crippen molar-refractivity contribution in [3.8, 4) is 0 Å². The minimum absolute atomic E-state index is 0.128. The van der Waals surface area contributed by atoms with Gasteiger partial charge in [0.1, 0.15) is 0 Å². The molecule has 2 aromatic rings. The number of benzene rings is 2. The number of aromatic carboxylic acids is 1. The molecule has 0 saturated heterocycles. The molecule has 0 aromatic heterocycles. The summed E-state index contributed by atoms with van der Waals surface area (Å²) in [6.07, 6.45) is 0.241. The van der Waals surface area contributed by atoms with Crippen molar-refractivity contribution < 1.29 is 14.7 Å². The molecule has 0 spiro atoms. The highest BCUT2D eigenvalue weighted by Gasteiger charge is 2.26. The van der Waals surface area contributed by atoms with Crippen LogP contribution in [-0.2, 0) is 4.79 Å². The number of carbonyl (C=O) groups excluding carboxylic acids is 1. The first-order valence-electron chi connectivity index (χ1n) is 6.44. The van der Waals surface area contributed by atoms with Gasteiger partial charge in [-0.3, -0.25) is 4.79 Å². The summed E-state index contributed by atoms with van der Waals surface area (Å²) in [5.74, 6) is -1.13. The van der Waals surface area contributed by atoms with Crippen LogP contribution in [0, 0.1) is 0 Å². The van der Waals surface area contributed by atoms with Gasteiger partial charge in [0.2, 0.25) is 0 Å². The lowest BCUT2D eigenvalue weighted by molar-refractivity contribution is -0.116. The Kier molecular flexibility index (Phi) is 3.23. The van der Waals surface area contributed by atoms with E-state index in [1.165, 1.54) is 17.1 Å². The molecule has 21 heavy (non-hydrogen) atoms. The van der Waals surface area contributed by atoms with Crippen molar-refractivity contribution in [2.75, 3.05) is 5.01 Å². The predicted molar refractivity (Wildman–Crippen MR) is 78.5 cm³/mol. The number of carbonyl (C=O) groups is 2. The van der Waals surface area contributed by atoms with Crippen LogP contribution in [0.3, 0.4) is 0 Å². The molecule has 1 aliphatic heterocycles. The van der Waals surface area contributed by atoms with E-state index in [0.717, 1.165) is 5.56 Å². The molecule has 1 heterocycles. The Morgan fingerprint density at radius 2 is 1.71 bits per heavy atom. The molecule has 0 fully saturated rings. The first-order valence-corrected chi connectivity index (χ1v) is 6.44. The average molecular weight is 280 g/mol. The Balaban J connectivity index is 1.90. The fourth-order valence-electron chi connectivity index (χ4n) is 2.17. The summed E-state index contributed by atoms with van der Waals surface area (Å²) in [5, 5.41) is 14.5. The summed E-state index contributed by atoms with van der Waals surface area (Å²) < 4.78 is 0. The molecular formula is C16H12N2O3. The van der Waals surface area contributed by atoms with Gasteiger partial charge in [-0.05, 0) is 29.8 Å². The van der Waals surface area contributed by atoms with E-state index in [2.05, 4.69) is 5.10 Å². The van der Waals surface area contributed by atoms with Crippen molar-refractivity contribution in [1.82, 2.24) is 0 Å². The lowest BCUT2D eigenvalue weighted by Gasteiger charge is -2.11. The van der Waals surface area contributed by atoms with E-state index in [4.69, 9.17) is 5.11 Å². The topological polar surface area (TPSA) is 70.0 Å². The zero-order chi connectivity index (χ0) is 14.8. The average Bonchev–Trinajstić information content (AvgIpc) is 2.90. The first-order chi connectivity index (χ1) is 10.1. The van der Waals surface area contributed by atoms with Crippen molar-refractivity contribution >= 4 is 23.3 Å². The van der Waals surface area contributed by atoms with E-state index < -0.39 is 5.97 Å². The van der Waals surface area contributed by atoms with E-state index in [-0.39, 0.29) is 17.9 Å². The maximum Gasteiger partial charge on any atom is 0.335 e. The third kappa shape index (κ3) is 2.53. The van der Waals surface area contributed by atoms with Crippen LogP contribution in [0.4, 0.5) is 5.69 Å². The SMILES string of the molecule is O=C(O)c1ccc(N2N=C(c3ccccc3)CC2=O)cc1. The highest BCUT2D eigenvalue weighted by Crippen LogP contribution is 2.23. The number of anilines is 1. The molecule has 0 saturated carbocycles. The third-order valence-electron chi connectivity index (χ3n) is 3.24. The minimum atomic E-state index is -0.997. The van der Waals surface area contributed by atoms with Crippen molar-refractivity contribution in [1.29, 1.82) is 0 Å². The second-order valence-electron chi connectivity index (χ2n) is 4.65. The Bertz CT molecular complexity index is 721. The molecule has 5 heteroatoms. The van der Waals surface area contributed by atoms with Gasteiger partial charge in [0.25, 0.3) is 5.91 Å². The van der Waals surface area contributed by atoms with Gasteiger partial charge in [-0.1, -0.05) is 30.3 Å². The Labute approximate surface area is 121 Å². The van der Waals surface area contributed by atoms with Crippen molar-refractivity contribution in [3.63, 3.8) is 0 Å². The molecule has 1 N–H and O–H groups in total. The van der Waals surface area contributed by atoms with Crippen molar-refractivity contribution in [2.24, 2.45) is 5.10 Å². The second-order valence-corrected chi connectivity index (χ2v) is 4.65. The standard InChI is InChI=1S/C16H12N2O3/c19-15-10-14(11-4-2-1-3-5-11)17-18(15)13-8-6-12(7-9-13)16(20)21/h1-9H,10H2,(H,20,21). The molecule has 0 unspecified atom stereocenters. The molecule has 0 radical (unpaired) electrons. The maximum absolute atomic E-state index is 12.1. The van der Waals surface area contributed by atoms with Gasteiger partial charge < -0.3 is 5.11 Å². The van der Waals surface area contributed by atoms with Crippen LogP contribution in [0.25, 0.3) is 0 Å². The summed E-state index contributed by atoms with van der Waals surface area (Å²) in [7, 11) is 0. The Morgan fingerprint density at radius 3 is 2.33 bits per heavy atom. The lowest BCUT2D eigenvalue weighted by Crippen LogP contribution is -2.19. The van der Waals surface area contributed by atoms with Crippen LogP contribution in [0.1, 0.15) is 22.3 Å². The predicted octanol–water partition coefficient (Wildman–Crippen LogP) is 2.53. The Hall–Kier alpha value is -2.95. The van der Waals surface area contributed by atoms with Gasteiger partial charge >= 0.3 is 5.97 Å². The van der Waals surface area contributed by atoms with E-state index >= 15 is 0 Å². The van der Waals surface area contributed by atoms with Gasteiger partial charge in [-0.2, -0.15) is 5.10 Å². The summed E-state index contributed by atoms with van der Waals surface area (Å²) >= 11 is 0. The number of carboxylic acids is 1. The van der Waals surface area contributed by atoms with Crippen LogP contribution in [0.2, 0.25) is 0 Å².